The molecule has 6 nitrogen and oxygen atoms in total. The summed E-state index contributed by atoms with van der Waals surface area (Å²) in [6.45, 7) is 2.10. The van der Waals surface area contributed by atoms with Crippen LogP contribution >= 0.6 is 15.9 Å². The highest BCUT2D eigenvalue weighted by Crippen LogP contribution is 2.17. The second-order valence-electron chi connectivity index (χ2n) is 5.82. The molecule has 7 heteroatoms. The number of halogens is 1. The summed E-state index contributed by atoms with van der Waals surface area (Å²) in [5, 5.41) is 3.33. The van der Waals surface area contributed by atoms with Crippen molar-refractivity contribution in [1.82, 2.24) is 4.57 Å². The van der Waals surface area contributed by atoms with Crippen molar-refractivity contribution < 1.29 is 14.3 Å². The molecule has 0 bridgehead atoms. The average molecular weight is 429 g/mol. The number of nitrogens with zero attached hydrogens (tertiary/aromatic N) is 1. The van der Waals surface area contributed by atoms with E-state index in [4.69, 9.17) is 4.74 Å². The summed E-state index contributed by atoms with van der Waals surface area (Å²) in [5.74, 6) is -0.649. The van der Waals surface area contributed by atoms with Gasteiger partial charge in [-0.3, -0.25) is 9.59 Å². The topological polar surface area (TPSA) is 77.4 Å². The molecule has 0 radical (unpaired) electrons. The number of hydrogen-bond donors (Lipinski definition) is 1. The van der Waals surface area contributed by atoms with Crippen molar-refractivity contribution in [3.8, 4) is 0 Å². The van der Waals surface area contributed by atoms with Crippen LogP contribution in [0.15, 0.2) is 64.0 Å². The van der Waals surface area contributed by atoms with Crippen LogP contribution in [0.2, 0.25) is 0 Å². The summed E-state index contributed by atoms with van der Waals surface area (Å²) < 4.78 is 7.46. The number of rotatable bonds is 5. The number of amides is 1. The Hall–Kier alpha value is -2.93. The third-order valence-corrected chi connectivity index (χ3v) is 4.43. The first-order valence-electron chi connectivity index (χ1n) is 8.33. The fourth-order valence-corrected chi connectivity index (χ4v) is 3.02. The molecule has 0 fully saturated rings. The first kappa shape index (κ1) is 18.8. The van der Waals surface area contributed by atoms with Crippen LogP contribution in [0.25, 0.3) is 10.9 Å². The number of carbonyl (C=O) groups is 2. The van der Waals surface area contributed by atoms with E-state index >= 15 is 0 Å². The quantitative estimate of drug-likeness (QED) is 0.629. The third kappa shape index (κ3) is 4.43. The second-order valence-corrected chi connectivity index (χ2v) is 6.73. The van der Waals surface area contributed by atoms with Gasteiger partial charge in [0.1, 0.15) is 6.54 Å². The maximum absolute atomic E-state index is 12.4. The zero-order valence-electron chi connectivity index (χ0n) is 14.6. The number of fused-ring (bicyclic) bond motifs is 1. The molecule has 27 heavy (non-hydrogen) atoms. The Morgan fingerprint density at radius 2 is 1.85 bits per heavy atom. The van der Waals surface area contributed by atoms with Crippen LogP contribution in [0.3, 0.4) is 0 Å². The molecule has 3 aromatic rings. The Morgan fingerprint density at radius 3 is 2.56 bits per heavy atom. The van der Waals surface area contributed by atoms with E-state index in [1.807, 2.05) is 0 Å². The molecule has 138 valence electrons. The molecule has 0 atom stereocenters. The van der Waals surface area contributed by atoms with E-state index in [1.165, 1.54) is 6.07 Å². The largest absolute Gasteiger partial charge is 0.462 e. The molecule has 0 unspecified atom stereocenters. The fraction of sp³-hybridized carbons (Fsp3) is 0.150. The summed E-state index contributed by atoms with van der Waals surface area (Å²) in [5.41, 5.74) is 1.57. The first-order valence-corrected chi connectivity index (χ1v) is 9.13. The Labute approximate surface area is 163 Å². The van der Waals surface area contributed by atoms with Gasteiger partial charge in [-0.2, -0.15) is 0 Å². The van der Waals surface area contributed by atoms with Gasteiger partial charge in [-0.15, -0.1) is 0 Å². The van der Waals surface area contributed by atoms with Crippen molar-refractivity contribution in [3.05, 3.63) is 75.0 Å². The van der Waals surface area contributed by atoms with Gasteiger partial charge in [0, 0.05) is 27.8 Å². The highest BCUT2D eigenvalue weighted by atomic mass is 79.9. The number of pyridine rings is 1. The highest BCUT2D eigenvalue weighted by molar-refractivity contribution is 9.10. The molecule has 2 aromatic carbocycles. The van der Waals surface area contributed by atoms with Crippen molar-refractivity contribution >= 4 is 44.4 Å². The second kappa shape index (κ2) is 8.18. The first-order chi connectivity index (χ1) is 13.0. The molecule has 0 saturated carbocycles. The van der Waals surface area contributed by atoms with E-state index in [1.54, 1.807) is 60.2 Å². The molecule has 3 rings (SSSR count). The van der Waals surface area contributed by atoms with E-state index in [2.05, 4.69) is 21.2 Å². The molecule has 0 aliphatic heterocycles. The van der Waals surface area contributed by atoms with Crippen molar-refractivity contribution in [2.45, 2.75) is 13.5 Å². The van der Waals surface area contributed by atoms with Crippen molar-refractivity contribution in [2.24, 2.45) is 0 Å². The molecule has 0 saturated heterocycles. The zero-order valence-corrected chi connectivity index (χ0v) is 16.2. The van der Waals surface area contributed by atoms with Crippen molar-refractivity contribution in [2.75, 3.05) is 11.9 Å². The molecule has 1 aromatic heterocycles. The lowest BCUT2D eigenvalue weighted by Crippen LogP contribution is -2.20. The fourth-order valence-electron chi connectivity index (χ4n) is 2.68. The van der Waals surface area contributed by atoms with Gasteiger partial charge in [-0.1, -0.05) is 15.9 Å². The number of nitrogens with one attached hydrogen (secondary N) is 1. The lowest BCUT2D eigenvalue weighted by molar-refractivity contribution is -0.116. The number of hydrogen-bond acceptors (Lipinski definition) is 4. The van der Waals surface area contributed by atoms with Crippen LogP contribution in [0.4, 0.5) is 5.69 Å². The smallest absolute Gasteiger partial charge is 0.338 e. The lowest BCUT2D eigenvalue weighted by Gasteiger charge is -2.12. The summed E-state index contributed by atoms with van der Waals surface area (Å²) >= 11 is 3.39. The zero-order chi connectivity index (χ0) is 19.4. The summed E-state index contributed by atoms with van der Waals surface area (Å²) in [4.78, 5) is 36.0. The van der Waals surface area contributed by atoms with Crippen LogP contribution in [0.5, 0.6) is 0 Å². The van der Waals surface area contributed by atoms with Gasteiger partial charge in [0.2, 0.25) is 5.91 Å². The van der Waals surface area contributed by atoms with Gasteiger partial charge in [-0.05, 0) is 49.4 Å². The Kier molecular flexibility index (Phi) is 5.71. The number of benzene rings is 2. The van der Waals surface area contributed by atoms with Crippen molar-refractivity contribution in [1.29, 1.82) is 0 Å². The van der Waals surface area contributed by atoms with E-state index < -0.39 is 5.97 Å². The predicted molar refractivity (Wildman–Crippen MR) is 107 cm³/mol. The van der Waals surface area contributed by atoms with Gasteiger partial charge in [0.15, 0.2) is 5.43 Å². The average Bonchev–Trinajstić information content (AvgIpc) is 2.65. The van der Waals surface area contributed by atoms with Gasteiger partial charge in [0.05, 0.1) is 17.7 Å². The van der Waals surface area contributed by atoms with Crippen LogP contribution in [0, 0.1) is 0 Å². The van der Waals surface area contributed by atoms with Gasteiger partial charge in [0.25, 0.3) is 0 Å². The lowest BCUT2D eigenvalue weighted by atomic mass is 10.2. The Morgan fingerprint density at radius 1 is 1.11 bits per heavy atom. The predicted octanol–water partition coefficient (Wildman–Crippen LogP) is 3.58. The number of aromatic nitrogens is 1. The normalized spacial score (nSPS) is 10.6. The molecule has 1 amide bonds. The number of anilines is 1. The minimum absolute atomic E-state index is 0.0485. The summed E-state index contributed by atoms with van der Waals surface area (Å²) in [6, 6.07) is 13.2. The molecular formula is C20H17BrN2O4. The van der Waals surface area contributed by atoms with Crippen molar-refractivity contribution in [3.63, 3.8) is 0 Å². The van der Waals surface area contributed by atoms with Crippen LogP contribution in [-0.4, -0.2) is 23.1 Å². The molecule has 0 spiro atoms. The summed E-state index contributed by atoms with van der Waals surface area (Å²) in [7, 11) is 0. The minimum Gasteiger partial charge on any atom is -0.462 e. The van der Waals surface area contributed by atoms with E-state index in [-0.39, 0.29) is 17.9 Å². The summed E-state index contributed by atoms with van der Waals surface area (Å²) in [6.07, 6.45) is 1.60. The maximum Gasteiger partial charge on any atom is 0.338 e. The highest BCUT2D eigenvalue weighted by Gasteiger charge is 2.10. The molecule has 0 aliphatic carbocycles. The monoisotopic (exact) mass is 428 g/mol. The molecular weight excluding hydrogens is 412 g/mol. The standard InChI is InChI=1S/C20H17BrN2O4/c1-2-27-20(26)13-3-6-15(7-4-13)22-19(25)12-23-10-9-18(24)16-8-5-14(21)11-17(16)23/h3-11H,2,12H2,1H3,(H,22,25). The Bertz CT molecular complexity index is 1060. The number of ether oxygens (including phenoxy) is 1. The van der Waals surface area contributed by atoms with Gasteiger partial charge < -0.3 is 14.6 Å². The molecule has 0 aliphatic rings. The Balaban J connectivity index is 1.76. The SMILES string of the molecule is CCOC(=O)c1ccc(NC(=O)Cn2ccc(=O)c3ccc(Br)cc32)cc1. The molecule has 1 heterocycles. The molecule has 1 N–H and O–H groups in total. The van der Waals surface area contributed by atoms with E-state index in [0.29, 0.717) is 28.8 Å². The van der Waals surface area contributed by atoms with Gasteiger partial charge in [-0.25, -0.2) is 4.79 Å². The maximum atomic E-state index is 12.4. The van der Waals surface area contributed by atoms with E-state index in [0.717, 1.165) is 4.47 Å². The van der Waals surface area contributed by atoms with Crippen LogP contribution < -0.4 is 10.7 Å². The van der Waals surface area contributed by atoms with Gasteiger partial charge >= 0.3 is 5.97 Å². The van der Waals surface area contributed by atoms with E-state index in [9.17, 15) is 14.4 Å². The van der Waals surface area contributed by atoms with Crippen LogP contribution in [0.1, 0.15) is 17.3 Å². The van der Waals surface area contributed by atoms with Crippen LogP contribution in [-0.2, 0) is 16.1 Å². The minimum atomic E-state index is -0.402. The number of esters is 1. The number of carbonyl (C=O) groups excluding carboxylic acids is 2. The third-order valence-electron chi connectivity index (χ3n) is 3.93.